The molecule has 0 aliphatic carbocycles. The van der Waals surface area contributed by atoms with Crippen LogP contribution in [0.5, 0.6) is 0 Å². The van der Waals surface area contributed by atoms with E-state index in [1.54, 1.807) is 33.7 Å². The molecule has 0 aromatic rings. The van der Waals surface area contributed by atoms with Crippen molar-refractivity contribution in [3.05, 3.63) is 12.7 Å². The molecule has 0 saturated carbocycles. The molecule has 1 fully saturated rings. The fourth-order valence-electron chi connectivity index (χ4n) is 0.520. The van der Waals surface area contributed by atoms with Crippen LogP contribution in [0.25, 0.3) is 0 Å². The molecule has 0 aromatic carbocycles. The lowest BCUT2D eigenvalue weighted by atomic mass is 10.8. The van der Waals surface area contributed by atoms with Gasteiger partial charge < -0.3 is 0 Å². The summed E-state index contributed by atoms with van der Waals surface area (Å²) in [7, 11) is 3.52. The van der Waals surface area contributed by atoms with Crippen molar-refractivity contribution >= 4 is 46.4 Å². The minimum Gasteiger partial charge on any atom is -0.282 e. The molecule has 1 N–H and O–H groups in total. The predicted octanol–water partition coefficient (Wildman–Crippen LogP) is 2.19. The molecule has 1 unspecified atom stereocenters. The van der Waals surface area contributed by atoms with Gasteiger partial charge in [-0.05, 0) is 11.9 Å². The molecule has 11 heavy (non-hydrogen) atoms. The van der Waals surface area contributed by atoms with Crippen LogP contribution in [0, 0.1) is 0 Å². The van der Waals surface area contributed by atoms with E-state index in [0.717, 1.165) is 12.4 Å². The first-order chi connectivity index (χ1) is 5.33. The molecule has 0 spiro atoms. The summed E-state index contributed by atoms with van der Waals surface area (Å²) in [6, 6.07) is 0. The highest BCUT2D eigenvalue weighted by atomic mass is 33.1. The molecule has 6 heteroatoms. The van der Waals surface area contributed by atoms with Gasteiger partial charge in [0, 0.05) is 16.7 Å². The van der Waals surface area contributed by atoms with Crippen molar-refractivity contribution in [1.29, 1.82) is 0 Å². The molecular weight excluding hydrogens is 216 g/mol. The minimum atomic E-state index is 0.256. The molecule has 1 atom stereocenters. The number of thiol groups is 1. The van der Waals surface area contributed by atoms with Crippen LogP contribution >= 0.6 is 46.4 Å². The Balaban J connectivity index is 2.03. The van der Waals surface area contributed by atoms with E-state index >= 15 is 0 Å². The summed E-state index contributed by atoms with van der Waals surface area (Å²) in [6.07, 6.45) is 1.91. The van der Waals surface area contributed by atoms with Crippen LogP contribution < -0.4 is 5.32 Å². The second-order valence-electron chi connectivity index (χ2n) is 1.80. The number of nitrogens with zero attached hydrogens (tertiary/aromatic N) is 1. The monoisotopic (exact) mass is 226 g/mol. The summed E-state index contributed by atoms with van der Waals surface area (Å²) in [5.41, 5.74) is 0. The average molecular weight is 226 g/mol. The molecule has 64 valence electrons. The van der Waals surface area contributed by atoms with Crippen molar-refractivity contribution in [3.63, 3.8) is 0 Å². The lowest BCUT2D eigenvalue weighted by Crippen LogP contribution is -2.15. The van der Waals surface area contributed by atoms with Crippen molar-refractivity contribution in [2.75, 3.05) is 12.4 Å². The lowest BCUT2D eigenvalue weighted by Gasteiger charge is -2.08. The maximum absolute atomic E-state index is 4.26. The van der Waals surface area contributed by atoms with E-state index in [2.05, 4.69) is 28.2 Å². The van der Waals surface area contributed by atoms with Crippen LogP contribution in [0.1, 0.15) is 0 Å². The molecule has 0 bridgehead atoms. The molecule has 1 saturated heterocycles. The summed E-state index contributed by atoms with van der Waals surface area (Å²) in [5, 5.41) is 3.19. The fourth-order valence-corrected chi connectivity index (χ4v) is 4.14. The summed E-state index contributed by atoms with van der Waals surface area (Å²) in [6.45, 7) is 4.55. The van der Waals surface area contributed by atoms with E-state index in [-0.39, 0.29) is 4.71 Å². The smallest absolute Gasteiger partial charge is 0.114 e. The van der Waals surface area contributed by atoms with Crippen molar-refractivity contribution in [3.8, 4) is 0 Å². The molecule has 1 rings (SSSR count). The number of rotatable bonds is 4. The van der Waals surface area contributed by atoms with Gasteiger partial charge in [-0.15, -0.1) is 19.2 Å². The second kappa shape index (κ2) is 5.66. The van der Waals surface area contributed by atoms with Gasteiger partial charge in [0.2, 0.25) is 0 Å². The molecule has 2 nitrogen and oxygen atoms in total. The molecule has 0 amide bonds. The van der Waals surface area contributed by atoms with Gasteiger partial charge in [-0.3, -0.25) is 5.32 Å². The van der Waals surface area contributed by atoms with Gasteiger partial charge in [-0.25, -0.2) is 0 Å². The zero-order valence-electron chi connectivity index (χ0n) is 5.90. The average Bonchev–Trinajstić information content (AvgIpc) is 2.37. The molecule has 0 radical (unpaired) electrons. The van der Waals surface area contributed by atoms with Crippen LogP contribution in [0.2, 0.25) is 0 Å². The lowest BCUT2D eigenvalue weighted by molar-refractivity contribution is 0.684. The standard InChI is InChI=1S/C5H10N2S4/c1-2-3-9-11-7-4-6-5(8)10-7/h2,5-6,8H,1,3-4H2. The van der Waals surface area contributed by atoms with Crippen molar-refractivity contribution < 1.29 is 0 Å². The predicted molar refractivity (Wildman–Crippen MR) is 60.5 cm³/mol. The van der Waals surface area contributed by atoms with E-state index < -0.39 is 0 Å². The van der Waals surface area contributed by atoms with Gasteiger partial charge >= 0.3 is 0 Å². The van der Waals surface area contributed by atoms with Crippen LogP contribution in [-0.2, 0) is 0 Å². The Kier molecular flexibility index (Phi) is 5.22. The van der Waals surface area contributed by atoms with E-state index in [4.69, 9.17) is 0 Å². The molecular formula is C5H10N2S4. The van der Waals surface area contributed by atoms with Gasteiger partial charge in [-0.1, -0.05) is 16.9 Å². The number of nitrogens with one attached hydrogen (secondary N) is 1. The van der Waals surface area contributed by atoms with Gasteiger partial charge in [-0.2, -0.15) is 3.71 Å². The third kappa shape index (κ3) is 4.00. The molecule has 1 heterocycles. The van der Waals surface area contributed by atoms with Gasteiger partial charge in [0.15, 0.2) is 0 Å². The highest BCUT2D eigenvalue weighted by Gasteiger charge is 2.19. The van der Waals surface area contributed by atoms with E-state index in [9.17, 15) is 0 Å². The Hall–Kier alpha value is 1.06. The second-order valence-corrected chi connectivity index (χ2v) is 6.33. The maximum Gasteiger partial charge on any atom is 0.114 e. The van der Waals surface area contributed by atoms with Crippen LogP contribution in [0.4, 0.5) is 0 Å². The van der Waals surface area contributed by atoms with Crippen LogP contribution in [-0.4, -0.2) is 20.8 Å². The highest BCUT2D eigenvalue weighted by molar-refractivity contribution is 8.77. The number of hydrogen-bond donors (Lipinski definition) is 2. The third-order valence-corrected chi connectivity index (χ3v) is 4.93. The summed E-state index contributed by atoms with van der Waals surface area (Å²) >= 11 is 5.97. The fraction of sp³-hybridized carbons (Fsp3) is 0.600. The minimum absolute atomic E-state index is 0.256. The summed E-state index contributed by atoms with van der Waals surface area (Å²) < 4.78 is 2.43. The van der Waals surface area contributed by atoms with E-state index in [0.29, 0.717) is 0 Å². The van der Waals surface area contributed by atoms with Gasteiger partial charge in [0.25, 0.3) is 0 Å². The Morgan fingerprint density at radius 2 is 2.73 bits per heavy atom. The SMILES string of the molecule is C=CCSSN1CNC(S)S1. The largest absolute Gasteiger partial charge is 0.282 e. The zero-order chi connectivity index (χ0) is 8.10. The van der Waals surface area contributed by atoms with Crippen molar-refractivity contribution in [1.82, 2.24) is 9.03 Å². The first-order valence-corrected chi connectivity index (χ1v) is 6.72. The van der Waals surface area contributed by atoms with E-state index in [1.807, 2.05) is 6.08 Å². The topological polar surface area (TPSA) is 15.3 Å². The summed E-state index contributed by atoms with van der Waals surface area (Å²) in [5.74, 6) is 0.985. The highest BCUT2D eigenvalue weighted by Crippen LogP contribution is 2.36. The normalized spacial score (nSPS) is 25.7. The van der Waals surface area contributed by atoms with Gasteiger partial charge in [0.05, 0.1) is 6.67 Å². The van der Waals surface area contributed by atoms with Crippen LogP contribution in [0.15, 0.2) is 12.7 Å². The molecule has 0 aromatic heterocycles. The van der Waals surface area contributed by atoms with E-state index in [1.165, 1.54) is 0 Å². The maximum atomic E-state index is 4.26. The Bertz CT molecular complexity index is 132. The third-order valence-electron chi connectivity index (χ3n) is 0.934. The van der Waals surface area contributed by atoms with Crippen LogP contribution in [0.3, 0.4) is 0 Å². The Morgan fingerprint density at radius 3 is 3.27 bits per heavy atom. The summed E-state index contributed by atoms with van der Waals surface area (Å²) in [4.78, 5) is 0. The quantitative estimate of drug-likeness (QED) is 0.250. The molecule has 1 aliphatic rings. The first-order valence-electron chi connectivity index (χ1n) is 3.09. The zero-order valence-corrected chi connectivity index (χ0v) is 9.24. The van der Waals surface area contributed by atoms with Crippen molar-refractivity contribution in [2.45, 2.75) is 4.71 Å². The van der Waals surface area contributed by atoms with Crippen molar-refractivity contribution in [2.24, 2.45) is 0 Å². The molecule has 1 aliphatic heterocycles. The Labute approximate surface area is 85.0 Å². The van der Waals surface area contributed by atoms with Gasteiger partial charge in [0.1, 0.15) is 4.71 Å². The number of hydrogen-bond acceptors (Lipinski definition) is 6. The first kappa shape index (κ1) is 10.1. The Morgan fingerprint density at radius 1 is 1.91 bits per heavy atom.